The molecule has 19 heavy (non-hydrogen) atoms. The molecule has 1 N–H and O–H groups in total. The molecule has 1 saturated heterocycles. The van der Waals surface area contributed by atoms with E-state index in [4.69, 9.17) is 9.84 Å². The normalized spacial score (nSPS) is 22.2. The van der Waals surface area contributed by atoms with Gasteiger partial charge in [-0.1, -0.05) is 0 Å². The van der Waals surface area contributed by atoms with E-state index in [1.54, 1.807) is 6.92 Å². The van der Waals surface area contributed by atoms with Gasteiger partial charge < -0.3 is 14.7 Å². The molecule has 7 heteroatoms. The van der Waals surface area contributed by atoms with Gasteiger partial charge in [0.05, 0.1) is 25.5 Å². The Morgan fingerprint density at radius 2 is 2.26 bits per heavy atom. The minimum atomic E-state index is -0.951. The van der Waals surface area contributed by atoms with E-state index in [0.29, 0.717) is 6.54 Å². The minimum Gasteiger partial charge on any atom is -0.481 e. The molecular formula is C12H15N3O4. The lowest BCUT2D eigenvalue weighted by atomic mass is 10.0. The van der Waals surface area contributed by atoms with Crippen molar-refractivity contribution in [3.05, 3.63) is 24.3 Å². The second kappa shape index (κ2) is 5.75. The Balaban J connectivity index is 2.20. The molecule has 1 fully saturated rings. The van der Waals surface area contributed by atoms with Crippen LogP contribution in [-0.2, 0) is 9.53 Å². The van der Waals surface area contributed by atoms with Crippen LogP contribution >= 0.6 is 0 Å². The fraction of sp³-hybridized carbons (Fsp3) is 0.500. The predicted molar refractivity (Wildman–Crippen MR) is 64.5 cm³/mol. The van der Waals surface area contributed by atoms with E-state index in [1.807, 2.05) is 0 Å². The lowest BCUT2D eigenvalue weighted by Crippen LogP contribution is -2.46. The number of aliphatic carboxylic acids is 1. The van der Waals surface area contributed by atoms with E-state index >= 15 is 0 Å². The van der Waals surface area contributed by atoms with Crippen molar-refractivity contribution in [1.29, 1.82) is 0 Å². The van der Waals surface area contributed by atoms with E-state index in [-0.39, 0.29) is 24.8 Å². The van der Waals surface area contributed by atoms with Crippen molar-refractivity contribution in [2.24, 2.45) is 5.92 Å². The molecular weight excluding hydrogens is 250 g/mol. The molecule has 1 aromatic heterocycles. The zero-order valence-corrected chi connectivity index (χ0v) is 10.5. The second-order valence-corrected chi connectivity index (χ2v) is 4.23. The summed E-state index contributed by atoms with van der Waals surface area (Å²) in [5.41, 5.74) is 0.209. The van der Waals surface area contributed by atoms with Crippen LogP contribution in [0.5, 0.6) is 0 Å². The highest BCUT2D eigenvalue weighted by Gasteiger charge is 2.39. The molecule has 2 rings (SSSR count). The maximum Gasteiger partial charge on any atom is 0.311 e. The number of hydrogen-bond donors (Lipinski definition) is 1. The van der Waals surface area contributed by atoms with Crippen molar-refractivity contribution in [3.8, 4) is 0 Å². The fourth-order valence-corrected chi connectivity index (χ4v) is 2.17. The molecule has 0 aromatic carbocycles. The number of carbonyl (C=O) groups excluding carboxylic acids is 1. The standard InChI is InChI=1S/C12H15N3O4/c1-2-15(10-7-19-6-8(10)12(17)18)11(16)9-5-13-3-4-14-9/h3-5,8,10H,2,6-7H2,1H3,(H,17,18). The molecule has 0 radical (unpaired) electrons. The highest BCUT2D eigenvalue weighted by Crippen LogP contribution is 2.21. The zero-order valence-electron chi connectivity index (χ0n) is 10.5. The van der Waals surface area contributed by atoms with Gasteiger partial charge in [0.1, 0.15) is 11.6 Å². The summed E-state index contributed by atoms with van der Waals surface area (Å²) in [6.07, 6.45) is 4.28. The molecule has 102 valence electrons. The molecule has 7 nitrogen and oxygen atoms in total. The summed E-state index contributed by atoms with van der Waals surface area (Å²) >= 11 is 0. The highest BCUT2D eigenvalue weighted by molar-refractivity contribution is 5.92. The number of carboxylic acids is 1. The Labute approximate surface area is 110 Å². The van der Waals surface area contributed by atoms with Crippen molar-refractivity contribution in [2.75, 3.05) is 19.8 Å². The van der Waals surface area contributed by atoms with Gasteiger partial charge in [-0.25, -0.2) is 4.98 Å². The Kier molecular flexibility index (Phi) is 4.06. The number of amides is 1. The molecule has 2 atom stereocenters. The van der Waals surface area contributed by atoms with Crippen LogP contribution in [0.15, 0.2) is 18.6 Å². The molecule has 1 aliphatic heterocycles. The van der Waals surface area contributed by atoms with Gasteiger partial charge in [-0.2, -0.15) is 0 Å². The monoisotopic (exact) mass is 265 g/mol. The molecule has 0 aliphatic carbocycles. The van der Waals surface area contributed by atoms with Crippen molar-refractivity contribution in [3.63, 3.8) is 0 Å². The van der Waals surface area contributed by atoms with Crippen molar-refractivity contribution in [1.82, 2.24) is 14.9 Å². The zero-order chi connectivity index (χ0) is 13.8. The molecule has 1 aromatic rings. The molecule has 1 amide bonds. The van der Waals surface area contributed by atoms with Gasteiger partial charge in [0.15, 0.2) is 0 Å². The maximum absolute atomic E-state index is 12.3. The summed E-state index contributed by atoms with van der Waals surface area (Å²) in [4.78, 5) is 32.7. The Bertz CT molecular complexity index is 465. The predicted octanol–water partition coefficient (Wildman–Crippen LogP) is 0.0383. The third kappa shape index (κ3) is 2.70. The van der Waals surface area contributed by atoms with Crippen LogP contribution < -0.4 is 0 Å². The summed E-state index contributed by atoms with van der Waals surface area (Å²) in [5, 5.41) is 9.13. The molecule has 0 spiro atoms. The van der Waals surface area contributed by atoms with E-state index in [1.165, 1.54) is 23.5 Å². The average molecular weight is 265 g/mol. The van der Waals surface area contributed by atoms with Gasteiger partial charge in [0.2, 0.25) is 0 Å². The van der Waals surface area contributed by atoms with Gasteiger partial charge in [-0.3, -0.25) is 14.6 Å². The lowest BCUT2D eigenvalue weighted by molar-refractivity contribution is -0.142. The molecule has 2 unspecified atom stereocenters. The molecule has 0 saturated carbocycles. The first-order valence-corrected chi connectivity index (χ1v) is 6.02. The van der Waals surface area contributed by atoms with Gasteiger partial charge in [0.25, 0.3) is 5.91 Å². The van der Waals surface area contributed by atoms with E-state index in [0.717, 1.165) is 0 Å². The molecule has 2 heterocycles. The lowest BCUT2D eigenvalue weighted by Gasteiger charge is -2.28. The number of nitrogens with zero attached hydrogens (tertiary/aromatic N) is 3. The largest absolute Gasteiger partial charge is 0.481 e. The smallest absolute Gasteiger partial charge is 0.311 e. The van der Waals surface area contributed by atoms with Crippen LogP contribution in [0, 0.1) is 5.92 Å². The number of carboxylic acid groups (broad SMARTS) is 1. The van der Waals surface area contributed by atoms with Gasteiger partial charge in [-0.15, -0.1) is 0 Å². The van der Waals surface area contributed by atoms with Gasteiger partial charge in [0, 0.05) is 18.9 Å². The Morgan fingerprint density at radius 3 is 2.84 bits per heavy atom. The summed E-state index contributed by atoms with van der Waals surface area (Å²) < 4.78 is 5.19. The number of hydrogen-bond acceptors (Lipinski definition) is 5. The summed E-state index contributed by atoms with van der Waals surface area (Å²) in [6, 6.07) is -0.461. The van der Waals surface area contributed by atoms with Gasteiger partial charge in [-0.05, 0) is 6.92 Å². The second-order valence-electron chi connectivity index (χ2n) is 4.23. The van der Waals surface area contributed by atoms with Crippen LogP contribution in [0.4, 0.5) is 0 Å². The maximum atomic E-state index is 12.3. The summed E-state index contributed by atoms with van der Waals surface area (Å²) in [7, 11) is 0. The Morgan fingerprint density at radius 1 is 1.47 bits per heavy atom. The third-order valence-electron chi connectivity index (χ3n) is 3.15. The minimum absolute atomic E-state index is 0.129. The number of aromatic nitrogens is 2. The highest BCUT2D eigenvalue weighted by atomic mass is 16.5. The van der Waals surface area contributed by atoms with E-state index in [9.17, 15) is 9.59 Å². The van der Waals surface area contributed by atoms with Crippen LogP contribution in [-0.4, -0.2) is 57.7 Å². The Hall–Kier alpha value is -2.02. The number of rotatable bonds is 4. The first-order valence-electron chi connectivity index (χ1n) is 6.02. The summed E-state index contributed by atoms with van der Waals surface area (Å²) in [5.74, 6) is -1.97. The number of likely N-dealkylation sites (N-methyl/N-ethyl adjacent to an activating group) is 1. The van der Waals surface area contributed by atoms with Crippen molar-refractivity contribution in [2.45, 2.75) is 13.0 Å². The first-order chi connectivity index (χ1) is 9.15. The SMILES string of the molecule is CCN(C(=O)c1cnccn1)C1COCC1C(=O)O. The fourth-order valence-electron chi connectivity index (χ4n) is 2.17. The van der Waals surface area contributed by atoms with E-state index in [2.05, 4.69) is 9.97 Å². The van der Waals surface area contributed by atoms with E-state index < -0.39 is 17.9 Å². The number of carbonyl (C=O) groups is 2. The van der Waals surface area contributed by atoms with Crippen LogP contribution in [0.25, 0.3) is 0 Å². The first kappa shape index (κ1) is 13.4. The number of ether oxygens (including phenoxy) is 1. The van der Waals surface area contributed by atoms with Crippen molar-refractivity contribution < 1.29 is 19.4 Å². The third-order valence-corrected chi connectivity index (χ3v) is 3.15. The van der Waals surface area contributed by atoms with Crippen molar-refractivity contribution >= 4 is 11.9 Å². The molecule has 0 bridgehead atoms. The van der Waals surface area contributed by atoms with Crippen LogP contribution in [0.1, 0.15) is 17.4 Å². The molecule has 1 aliphatic rings. The topological polar surface area (TPSA) is 92.6 Å². The summed E-state index contributed by atoms with van der Waals surface area (Å²) in [6.45, 7) is 2.56. The quantitative estimate of drug-likeness (QED) is 0.826. The average Bonchev–Trinajstić information content (AvgIpc) is 2.90. The van der Waals surface area contributed by atoms with Crippen LogP contribution in [0.3, 0.4) is 0 Å². The van der Waals surface area contributed by atoms with Gasteiger partial charge >= 0.3 is 5.97 Å². The van der Waals surface area contributed by atoms with Crippen LogP contribution in [0.2, 0.25) is 0 Å².